The zero-order valence-electron chi connectivity index (χ0n) is 13.3. The molecule has 6 heteroatoms. The molecular weight excluding hydrogens is 287 g/mol. The van der Waals surface area contributed by atoms with Crippen LogP contribution in [-0.2, 0) is 25.6 Å². The Labute approximate surface area is 127 Å². The molecule has 1 aliphatic heterocycles. The third-order valence-corrected chi connectivity index (χ3v) is 5.45. The Morgan fingerprint density at radius 3 is 1.90 bits per heavy atom. The SMILES string of the molecule is CC1(C)OB(CCc2ccc(S(C)(=O)=O)cc2)OC1(C)C. The van der Waals surface area contributed by atoms with Crippen LogP contribution in [0, 0.1) is 0 Å². The van der Waals surface area contributed by atoms with Crippen LogP contribution >= 0.6 is 0 Å². The number of sulfone groups is 1. The van der Waals surface area contributed by atoms with E-state index in [2.05, 4.69) is 0 Å². The minimum absolute atomic E-state index is 0.218. The molecule has 1 heterocycles. The van der Waals surface area contributed by atoms with Gasteiger partial charge in [0.15, 0.2) is 9.84 Å². The van der Waals surface area contributed by atoms with Crippen molar-refractivity contribution in [2.24, 2.45) is 0 Å². The maximum atomic E-state index is 11.4. The lowest BCUT2D eigenvalue weighted by atomic mass is 9.81. The van der Waals surface area contributed by atoms with Gasteiger partial charge in [-0.25, -0.2) is 8.42 Å². The van der Waals surface area contributed by atoms with Gasteiger partial charge in [0.05, 0.1) is 16.1 Å². The van der Waals surface area contributed by atoms with Crippen molar-refractivity contribution in [1.82, 2.24) is 0 Å². The highest BCUT2D eigenvalue weighted by Crippen LogP contribution is 2.37. The zero-order valence-corrected chi connectivity index (χ0v) is 14.2. The Balaban J connectivity index is 1.96. The van der Waals surface area contributed by atoms with Crippen molar-refractivity contribution in [1.29, 1.82) is 0 Å². The summed E-state index contributed by atoms with van der Waals surface area (Å²) in [6, 6.07) is 6.99. The van der Waals surface area contributed by atoms with Crippen LogP contribution in [-0.4, -0.2) is 33.0 Å². The van der Waals surface area contributed by atoms with Crippen LogP contribution in [0.1, 0.15) is 33.3 Å². The molecule has 0 unspecified atom stereocenters. The Hall–Kier alpha value is -0.845. The summed E-state index contributed by atoms with van der Waals surface area (Å²) < 4.78 is 34.7. The summed E-state index contributed by atoms with van der Waals surface area (Å²) in [5.41, 5.74) is 0.465. The molecule has 0 radical (unpaired) electrons. The van der Waals surface area contributed by atoms with Gasteiger partial charge in [-0.3, -0.25) is 0 Å². The molecular formula is C15H23BO4S. The van der Waals surface area contributed by atoms with Gasteiger partial charge >= 0.3 is 7.12 Å². The maximum absolute atomic E-state index is 11.4. The first-order valence-electron chi connectivity index (χ1n) is 7.16. The van der Waals surface area contributed by atoms with E-state index in [1.807, 2.05) is 39.8 Å². The first-order valence-corrected chi connectivity index (χ1v) is 9.05. The molecule has 0 aromatic heterocycles. The average molecular weight is 310 g/mol. The molecule has 1 aromatic rings. The Kier molecular flexibility index (Phi) is 4.26. The molecule has 0 N–H and O–H groups in total. The Morgan fingerprint density at radius 1 is 1.00 bits per heavy atom. The van der Waals surface area contributed by atoms with E-state index in [4.69, 9.17) is 9.31 Å². The van der Waals surface area contributed by atoms with E-state index in [0.29, 0.717) is 4.90 Å². The molecule has 0 spiro atoms. The highest BCUT2D eigenvalue weighted by Gasteiger charge is 2.50. The standard InChI is InChI=1S/C15H23BO4S/c1-14(2)15(3,4)20-16(19-14)11-10-12-6-8-13(9-7-12)21(5,17)18/h6-9H,10-11H2,1-5H3. The number of rotatable bonds is 4. The fraction of sp³-hybridized carbons (Fsp3) is 0.600. The summed E-state index contributed by atoms with van der Waals surface area (Å²) in [6.45, 7) is 8.14. The monoisotopic (exact) mass is 310 g/mol. The van der Waals surface area contributed by atoms with Crippen molar-refractivity contribution in [3.63, 3.8) is 0 Å². The Bertz CT molecular complexity index is 589. The van der Waals surface area contributed by atoms with Crippen LogP contribution in [0.2, 0.25) is 6.32 Å². The first-order chi connectivity index (χ1) is 9.51. The van der Waals surface area contributed by atoms with Crippen LogP contribution in [0.4, 0.5) is 0 Å². The summed E-state index contributed by atoms with van der Waals surface area (Å²) in [7, 11) is -3.35. The van der Waals surface area contributed by atoms with Gasteiger partial charge in [-0.05, 0) is 58.1 Å². The van der Waals surface area contributed by atoms with Gasteiger partial charge in [0.2, 0.25) is 0 Å². The summed E-state index contributed by atoms with van der Waals surface area (Å²) in [4.78, 5) is 0.349. The van der Waals surface area contributed by atoms with Crippen LogP contribution < -0.4 is 0 Å². The van der Waals surface area contributed by atoms with E-state index in [9.17, 15) is 8.42 Å². The smallest absolute Gasteiger partial charge is 0.403 e. The van der Waals surface area contributed by atoms with Crippen molar-refractivity contribution in [3.8, 4) is 0 Å². The largest absolute Gasteiger partial charge is 0.458 e. The second kappa shape index (κ2) is 5.41. The van der Waals surface area contributed by atoms with Crippen molar-refractivity contribution in [2.45, 2.75) is 56.5 Å². The van der Waals surface area contributed by atoms with Crippen molar-refractivity contribution in [3.05, 3.63) is 29.8 Å². The molecule has 4 nitrogen and oxygen atoms in total. The molecule has 1 aromatic carbocycles. The van der Waals surface area contributed by atoms with Gasteiger partial charge < -0.3 is 9.31 Å². The van der Waals surface area contributed by atoms with Gasteiger partial charge in [0.1, 0.15) is 0 Å². The van der Waals surface area contributed by atoms with Gasteiger partial charge in [-0.2, -0.15) is 0 Å². The van der Waals surface area contributed by atoms with Crippen LogP contribution in [0.5, 0.6) is 0 Å². The molecule has 116 valence electrons. The van der Waals surface area contributed by atoms with E-state index in [-0.39, 0.29) is 18.3 Å². The molecule has 1 saturated heterocycles. The third kappa shape index (κ3) is 3.68. The van der Waals surface area contributed by atoms with Crippen molar-refractivity contribution in [2.75, 3.05) is 6.26 Å². The van der Waals surface area contributed by atoms with E-state index >= 15 is 0 Å². The van der Waals surface area contributed by atoms with E-state index in [0.717, 1.165) is 18.3 Å². The molecule has 2 rings (SSSR count). The molecule has 1 fully saturated rings. The molecule has 0 aliphatic carbocycles. The third-order valence-electron chi connectivity index (χ3n) is 4.32. The highest BCUT2D eigenvalue weighted by atomic mass is 32.2. The average Bonchev–Trinajstić information content (AvgIpc) is 2.55. The summed E-state index contributed by atoms with van der Waals surface area (Å²) in [5, 5.41) is 0. The summed E-state index contributed by atoms with van der Waals surface area (Å²) in [6.07, 6.45) is 2.76. The second-order valence-electron chi connectivity index (χ2n) is 6.64. The predicted molar refractivity (Wildman–Crippen MR) is 84.1 cm³/mol. The number of hydrogen-bond donors (Lipinski definition) is 0. The van der Waals surface area contributed by atoms with Crippen LogP contribution in [0.25, 0.3) is 0 Å². The topological polar surface area (TPSA) is 52.6 Å². The van der Waals surface area contributed by atoms with Crippen molar-refractivity contribution >= 4 is 17.0 Å². The van der Waals surface area contributed by atoms with Crippen LogP contribution in [0.15, 0.2) is 29.2 Å². The normalized spacial score (nSPS) is 20.7. The minimum Gasteiger partial charge on any atom is -0.403 e. The van der Waals surface area contributed by atoms with E-state index in [1.165, 1.54) is 6.26 Å². The van der Waals surface area contributed by atoms with Crippen molar-refractivity contribution < 1.29 is 17.7 Å². The molecule has 0 saturated carbocycles. The van der Waals surface area contributed by atoms with E-state index in [1.54, 1.807) is 12.1 Å². The lowest BCUT2D eigenvalue weighted by Gasteiger charge is -2.32. The lowest BCUT2D eigenvalue weighted by molar-refractivity contribution is 0.00578. The lowest BCUT2D eigenvalue weighted by Crippen LogP contribution is -2.41. The fourth-order valence-electron chi connectivity index (χ4n) is 2.27. The first kappa shape index (κ1) is 16.5. The zero-order chi connectivity index (χ0) is 15.9. The van der Waals surface area contributed by atoms with Gasteiger partial charge in [0, 0.05) is 6.26 Å². The summed E-state index contributed by atoms with van der Waals surface area (Å²) in [5.74, 6) is 0. The van der Waals surface area contributed by atoms with E-state index < -0.39 is 9.84 Å². The second-order valence-corrected chi connectivity index (χ2v) is 8.66. The molecule has 0 bridgehead atoms. The number of hydrogen-bond acceptors (Lipinski definition) is 4. The molecule has 21 heavy (non-hydrogen) atoms. The minimum atomic E-state index is -3.13. The van der Waals surface area contributed by atoms with Gasteiger partial charge in [-0.1, -0.05) is 12.1 Å². The Morgan fingerprint density at radius 2 is 1.48 bits per heavy atom. The quantitative estimate of drug-likeness (QED) is 0.802. The van der Waals surface area contributed by atoms with Gasteiger partial charge in [0.25, 0.3) is 0 Å². The number of benzene rings is 1. The number of aryl methyl sites for hydroxylation is 1. The predicted octanol–water partition coefficient (Wildman–Crippen LogP) is 2.72. The molecule has 0 amide bonds. The van der Waals surface area contributed by atoms with Gasteiger partial charge in [-0.15, -0.1) is 0 Å². The fourth-order valence-corrected chi connectivity index (χ4v) is 2.90. The molecule has 1 aliphatic rings. The summed E-state index contributed by atoms with van der Waals surface area (Å²) >= 11 is 0. The maximum Gasteiger partial charge on any atom is 0.458 e. The highest BCUT2D eigenvalue weighted by molar-refractivity contribution is 7.90. The molecule has 0 atom stereocenters. The van der Waals surface area contributed by atoms with Crippen LogP contribution in [0.3, 0.4) is 0 Å².